The lowest BCUT2D eigenvalue weighted by molar-refractivity contribution is -0.915. The molecule has 0 amide bonds. The monoisotopic (exact) mass is 168 g/mol. The van der Waals surface area contributed by atoms with E-state index in [4.69, 9.17) is 0 Å². The molecule has 0 rings (SSSR count). The fourth-order valence-corrected chi connectivity index (χ4v) is 1.70. The van der Waals surface area contributed by atoms with Crippen molar-refractivity contribution in [1.29, 1.82) is 0 Å². The standard InChI is InChI=1S/C11H22N/c1-5-9-12(8-4,10-6-2)11-7-3/h5-6H,1-2,7-11H2,3-4H3/q+1. The van der Waals surface area contributed by atoms with Gasteiger partial charge in [0, 0.05) is 0 Å². The van der Waals surface area contributed by atoms with Crippen LogP contribution in [0, 0.1) is 0 Å². The molecule has 0 saturated carbocycles. The van der Waals surface area contributed by atoms with Crippen molar-refractivity contribution < 1.29 is 4.48 Å². The average Bonchev–Trinajstić information content (AvgIpc) is 2.06. The van der Waals surface area contributed by atoms with E-state index < -0.39 is 0 Å². The summed E-state index contributed by atoms with van der Waals surface area (Å²) in [6, 6.07) is 0. The van der Waals surface area contributed by atoms with Gasteiger partial charge in [0.05, 0.1) is 26.2 Å². The Morgan fingerprint density at radius 1 is 1.08 bits per heavy atom. The van der Waals surface area contributed by atoms with Crippen molar-refractivity contribution in [1.82, 2.24) is 0 Å². The Morgan fingerprint density at radius 3 is 1.83 bits per heavy atom. The van der Waals surface area contributed by atoms with Crippen LogP contribution in [0.3, 0.4) is 0 Å². The minimum atomic E-state index is 1.07. The molecule has 0 atom stereocenters. The zero-order valence-electron chi connectivity index (χ0n) is 8.55. The van der Waals surface area contributed by atoms with Gasteiger partial charge in [-0.15, -0.1) is 0 Å². The summed E-state index contributed by atoms with van der Waals surface area (Å²) >= 11 is 0. The third-order valence-corrected chi connectivity index (χ3v) is 2.40. The first kappa shape index (κ1) is 11.4. The van der Waals surface area contributed by atoms with E-state index in [1.165, 1.54) is 19.5 Å². The largest absolute Gasteiger partial charge is 0.317 e. The summed E-state index contributed by atoms with van der Waals surface area (Å²) in [7, 11) is 0. The van der Waals surface area contributed by atoms with E-state index in [2.05, 4.69) is 27.0 Å². The molecule has 0 aliphatic heterocycles. The highest BCUT2D eigenvalue weighted by molar-refractivity contribution is 4.71. The second-order valence-electron chi connectivity index (χ2n) is 3.32. The van der Waals surface area contributed by atoms with Crippen molar-refractivity contribution in [3.63, 3.8) is 0 Å². The molecular formula is C11H22N+. The van der Waals surface area contributed by atoms with Gasteiger partial charge in [0.1, 0.15) is 0 Å². The molecule has 70 valence electrons. The van der Waals surface area contributed by atoms with E-state index >= 15 is 0 Å². The van der Waals surface area contributed by atoms with Gasteiger partial charge < -0.3 is 4.48 Å². The molecule has 0 saturated heterocycles. The Hall–Kier alpha value is -0.560. The van der Waals surface area contributed by atoms with E-state index in [-0.39, 0.29) is 0 Å². The van der Waals surface area contributed by atoms with Crippen LogP contribution in [-0.2, 0) is 0 Å². The van der Waals surface area contributed by atoms with E-state index in [0.717, 1.165) is 17.6 Å². The van der Waals surface area contributed by atoms with Gasteiger partial charge in [-0.2, -0.15) is 0 Å². The number of rotatable bonds is 7. The summed E-state index contributed by atoms with van der Waals surface area (Å²) in [6.45, 7) is 16.6. The smallest absolute Gasteiger partial charge is 0.0973 e. The Balaban J connectivity index is 4.25. The molecule has 0 aromatic heterocycles. The van der Waals surface area contributed by atoms with Gasteiger partial charge in [0.15, 0.2) is 0 Å². The van der Waals surface area contributed by atoms with Crippen LogP contribution in [-0.4, -0.2) is 30.7 Å². The third kappa shape index (κ3) is 3.22. The molecule has 1 heteroatoms. The lowest BCUT2D eigenvalue weighted by atomic mass is 10.2. The van der Waals surface area contributed by atoms with Gasteiger partial charge in [-0.25, -0.2) is 0 Å². The quantitative estimate of drug-likeness (QED) is 0.405. The number of likely N-dealkylation sites (N-methyl/N-ethyl adjacent to an activating group) is 1. The van der Waals surface area contributed by atoms with Crippen LogP contribution in [0.1, 0.15) is 20.3 Å². The molecule has 0 aliphatic rings. The summed E-state index contributed by atoms with van der Waals surface area (Å²) in [5.41, 5.74) is 0. The van der Waals surface area contributed by atoms with E-state index in [1.54, 1.807) is 0 Å². The van der Waals surface area contributed by atoms with Crippen LogP contribution in [0.15, 0.2) is 25.3 Å². The molecule has 0 radical (unpaired) electrons. The fourth-order valence-electron chi connectivity index (χ4n) is 1.70. The van der Waals surface area contributed by atoms with Gasteiger partial charge in [0.25, 0.3) is 0 Å². The van der Waals surface area contributed by atoms with Crippen molar-refractivity contribution in [3.8, 4) is 0 Å². The Bertz CT molecular complexity index is 128. The van der Waals surface area contributed by atoms with Crippen molar-refractivity contribution in [3.05, 3.63) is 25.3 Å². The molecule has 0 aliphatic carbocycles. The Kier molecular flexibility index (Phi) is 5.73. The third-order valence-electron chi connectivity index (χ3n) is 2.40. The van der Waals surface area contributed by atoms with Crippen LogP contribution < -0.4 is 0 Å². The first-order valence-electron chi connectivity index (χ1n) is 4.81. The van der Waals surface area contributed by atoms with Crippen molar-refractivity contribution in [2.45, 2.75) is 20.3 Å². The summed E-state index contributed by atoms with van der Waals surface area (Å²) in [5, 5.41) is 0. The summed E-state index contributed by atoms with van der Waals surface area (Å²) in [6.07, 6.45) is 5.26. The molecule has 0 heterocycles. The lowest BCUT2D eigenvalue weighted by Gasteiger charge is -2.35. The van der Waals surface area contributed by atoms with Crippen LogP contribution >= 0.6 is 0 Å². The fraction of sp³-hybridized carbons (Fsp3) is 0.636. The van der Waals surface area contributed by atoms with Gasteiger partial charge in [-0.1, -0.05) is 20.1 Å². The van der Waals surface area contributed by atoms with Gasteiger partial charge >= 0.3 is 0 Å². The first-order chi connectivity index (χ1) is 5.74. The highest BCUT2D eigenvalue weighted by Gasteiger charge is 2.19. The van der Waals surface area contributed by atoms with Crippen LogP contribution in [0.4, 0.5) is 0 Å². The number of hydrogen-bond acceptors (Lipinski definition) is 0. The molecule has 0 fully saturated rings. The molecule has 0 aromatic rings. The minimum absolute atomic E-state index is 1.07. The molecule has 1 nitrogen and oxygen atoms in total. The Morgan fingerprint density at radius 2 is 1.58 bits per heavy atom. The summed E-state index contributed by atoms with van der Waals surface area (Å²) < 4.78 is 1.11. The highest BCUT2D eigenvalue weighted by Crippen LogP contribution is 2.08. The van der Waals surface area contributed by atoms with E-state index in [1.807, 2.05) is 12.2 Å². The van der Waals surface area contributed by atoms with Gasteiger partial charge in [0.2, 0.25) is 0 Å². The molecular weight excluding hydrogens is 146 g/mol. The maximum atomic E-state index is 3.81. The second kappa shape index (κ2) is 6.01. The molecule has 0 spiro atoms. The molecule has 0 unspecified atom stereocenters. The molecule has 0 N–H and O–H groups in total. The zero-order chi connectivity index (χ0) is 9.45. The number of quaternary nitrogens is 1. The summed E-state index contributed by atoms with van der Waals surface area (Å²) in [4.78, 5) is 0. The summed E-state index contributed by atoms with van der Waals surface area (Å²) in [5.74, 6) is 0. The normalized spacial score (nSPS) is 11.2. The van der Waals surface area contributed by atoms with Crippen molar-refractivity contribution in [2.75, 3.05) is 26.2 Å². The van der Waals surface area contributed by atoms with Crippen LogP contribution in [0.2, 0.25) is 0 Å². The van der Waals surface area contributed by atoms with Gasteiger partial charge in [-0.05, 0) is 25.5 Å². The van der Waals surface area contributed by atoms with Gasteiger partial charge in [-0.3, -0.25) is 0 Å². The second-order valence-corrected chi connectivity index (χ2v) is 3.32. The Labute approximate surface area is 77.0 Å². The van der Waals surface area contributed by atoms with Crippen LogP contribution in [0.5, 0.6) is 0 Å². The zero-order valence-corrected chi connectivity index (χ0v) is 8.55. The first-order valence-corrected chi connectivity index (χ1v) is 4.81. The van der Waals surface area contributed by atoms with E-state index in [9.17, 15) is 0 Å². The SMILES string of the molecule is C=CC[N+](CC)(CC=C)CCC. The van der Waals surface area contributed by atoms with Crippen molar-refractivity contribution in [2.24, 2.45) is 0 Å². The maximum Gasteiger partial charge on any atom is 0.0973 e. The lowest BCUT2D eigenvalue weighted by Crippen LogP contribution is -2.48. The molecule has 12 heavy (non-hydrogen) atoms. The van der Waals surface area contributed by atoms with Crippen LogP contribution in [0.25, 0.3) is 0 Å². The molecule has 0 aromatic carbocycles. The predicted octanol–water partition coefficient (Wildman–Crippen LogP) is 2.61. The topological polar surface area (TPSA) is 0 Å². The van der Waals surface area contributed by atoms with E-state index in [0.29, 0.717) is 0 Å². The predicted molar refractivity (Wildman–Crippen MR) is 56.1 cm³/mol. The average molecular weight is 168 g/mol. The number of nitrogens with zero attached hydrogens (tertiary/aromatic N) is 1. The van der Waals surface area contributed by atoms with Crippen molar-refractivity contribution >= 4 is 0 Å². The highest BCUT2D eigenvalue weighted by atomic mass is 15.3. The minimum Gasteiger partial charge on any atom is -0.317 e. The molecule has 0 bridgehead atoms. The maximum absolute atomic E-state index is 3.81. The number of hydrogen-bond donors (Lipinski definition) is 0.